The summed E-state index contributed by atoms with van der Waals surface area (Å²) in [4.78, 5) is 3.89. The number of aromatic nitrogens is 2. The van der Waals surface area contributed by atoms with Crippen LogP contribution >= 0.6 is 0 Å². The zero-order valence-corrected chi connectivity index (χ0v) is 11.7. The monoisotopic (exact) mass is 289 g/mol. The van der Waals surface area contributed by atoms with Crippen LogP contribution in [-0.2, 0) is 21.3 Å². The molecule has 0 aliphatic carbocycles. The van der Waals surface area contributed by atoms with Gasteiger partial charge in [0.15, 0.2) is 5.03 Å². The molecule has 1 aromatic rings. The van der Waals surface area contributed by atoms with Crippen molar-refractivity contribution in [2.45, 2.75) is 36.9 Å². The predicted octanol–water partition coefficient (Wildman–Crippen LogP) is -0.277. The van der Waals surface area contributed by atoms with Crippen molar-refractivity contribution in [2.24, 2.45) is 0 Å². The number of hydrogen-bond donors (Lipinski definition) is 2. The van der Waals surface area contributed by atoms with Gasteiger partial charge >= 0.3 is 0 Å². The molecular weight excluding hydrogens is 270 g/mol. The number of ether oxygens (including phenoxy) is 1. The molecule has 1 aliphatic heterocycles. The summed E-state index contributed by atoms with van der Waals surface area (Å²) in [5.74, 6) is 0. The van der Waals surface area contributed by atoms with E-state index in [1.54, 1.807) is 4.57 Å². The molecule has 108 valence electrons. The third-order valence-electron chi connectivity index (χ3n) is 3.35. The number of aliphatic hydroxyl groups excluding tert-OH is 1. The Hall–Kier alpha value is -0.960. The van der Waals surface area contributed by atoms with Gasteiger partial charge in [-0.25, -0.2) is 18.1 Å². The maximum atomic E-state index is 12.3. The number of sulfonamides is 1. The lowest BCUT2D eigenvalue weighted by Crippen LogP contribution is -2.54. The van der Waals surface area contributed by atoms with Gasteiger partial charge in [-0.05, 0) is 19.8 Å². The Bertz CT molecular complexity index is 520. The first kappa shape index (κ1) is 14.4. The van der Waals surface area contributed by atoms with Crippen molar-refractivity contribution in [3.05, 3.63) is 12.5 Å². The van der Waals surface area contributed by atoms with Gasteiger partial charge in [-0.2, -0.15) is 0 Å². The van der Waals surface area contributed by atoms with Gasteiger partial charge in [0.25, 0.3) is 10.0 Å². The highest BCUT2D eigenvalue weighted by Gasteiger charge is 2.37. The standard InChI is InChI=1S/C11H19N3O4S/c1-2-14-7-10(12-9-14)19(16,17)13-11(8-15)3-5-18-6-4-11/h7,9,13,15H,2-6,8H2,1H3. The summed E-state index contributed by atoms with van der Waals surface area (Å²) in [6.45, 7) is 3.18. The highest BCUT2D eigenvalue weighted by molar-refractivity contribution is 7.89. The van der Waals surface area contributed by atoms with E-state index < -0.39 is 15.6 Å². The first-order valence-corrected chi connectivity index (χ1v) is 7.74. The van der Waals surface area contributed by atoms with Crippen LogP contribution < -0.4 is 4.72 Å². The number of imidazole rings is 1. The number of nitrogens with zero attached hydrogens (tertiary/aromatic N) is 2. The van der Waals surface area contributed by atoms with Crippen LogP contribution in [0.2, 0.25) is 0 Å². The molecule has 1 saturated heterocycles. The normalized spacial score (nSPS) is 19.5. The largest absolute Gasteiger partial charge is 0.394 e. The molecule has 1 fully saturated rings. The minimum atomic E-state index is -3.72. The lowest BCUT2D eigenvalue weighted by Gasteiger charge is -2.35. The van der Waals surface area contributed by atoms with E-state index in [1.807, 2.05) is 6.92 Å². The topological polar surface area (TPSA) is 93.5 Å². The van der Waals surface area contributed by atoms with E-state index in [0.717, 1.165) is 0 Å². The molecule has 0 bridgehead atoms. The fraction of sp³-hybridized carbons (Fsp3) is 0.727. The Balaban J connectivity index is 2.19. The van der Waals surface area contributed by atoms with Crippen molar-refractivity contribution in [1.29, 1.82) is 0 Å². The van der Waals surface area contributed by atoms with Crippen molar-refractivity contribution in [3.8, 4) is 0 Å². The van der Waals surface area contributed by atoms with E-state index in [4.69, 9.17) is 4.74 Å². The van der Waals surface area contributed by atoms with Gasteiger partial charge in [0.1, 0.15) is 0 Å². The van der Waals surface area contributed by atoms with Crippen molar-refractivity contribution in [3.63, 3.8) is 0 Å². The Kier molecular flexibility index (Phi) is 4.24. The van der Waals surface area contributed by atoms with Crippen LogP contribution in [0.5, 0.6) is 0 Å². The number of rotatable bonds is 5. The Labute approximate surface area is 112 Å². The van der Waals surface area contributed by atoms with Crippen LogP contribution in [0.25, 0.3) is 0 Å². The molecule has 0 aromatic carbocycles. The van der Waals surface area contributed by atoms with Crippen molar-refractivity contribution >= 4 is 10.0 Å². The fourth-order valence-corrected chi connectivity index (χ4v) is 3.45. The van der Waals surface area contributed by atoms with Crippen LogP contribution in [-0.4, -0.2) is 48.4 Å². The van der Waals surface area contributed by atoms with Crippen molar-refractivity contribution < 1.29 is 18.3 Å². The average molecular weight is 289 g/mol. The summed E-state index contributed by atoms with van der Waals surface area (Å²) in [6, 6.07) is 0. The summed E-state index contributed by atoms with van der Waals surface area (Å²) in [5.41, 5.74) is -0.840. The minimum Gasteiger partial charge on any atom is -0.394 e. The zero-order chi connectivity index (χ0) is 13.9. The highest BCUT2D eigenvalue weighted by Crippen LogP contribution is 2.22. The molecule has 1 aliphatic rings. The average Bonchev–Trinajstić information content (AvgIpc) is 2.89. The summed E-state index contributed by atoms with van der Waals surface area (Å²) in [7, 11) is -3.72. The van der Waals surface area contributed by atoms with E-state index in [9.17, 15) is 13.5 Å². The Morgan fingerprint density at radius 3 is 2.74 bits per heavy atom. The quantitative estimate of drug-likeness (QED) is 0.778. The van der Waals surface area contributed by atoms with Crippen molar-refractivity contribution in [1.82, 2.24) is 14.3 Å². The van der Waals surface area contributed by atoms with Gasteiger partial charge in [-0.3, -0.25) is 0 Å². The third kappa shape index (κ3) is 3.14. The third-order valence-corrected chi connectivity index (χ3v) is 4.82. The summed E-state index contributed by atoms with van der Waals surface area (Å²) >= 11 is 0. The zero-order valence-electron chi connectivity index (χ0n) is 10.9. The lowest BCUT2D eigenvalue weighted by molar-refractivity contribution is 0.0222. The summed E-state index contributed by atoms with van der Waals surface area (Å²) in [6.07, 6.45) is 3.87. The molecular formula is C11H19N3O4S. The van der Waals surface area contributed by atoms with Gasteiger partial charge in [0.05, 0.1) is 18.5 Å². The van der Waals surface area contributed by atoms with Crippen LogP contribution in [0.3, 0.4) is 0 Å². The SMILES string of the molecule is CCn1cnc(S(=O)(=O)NC2(CO)CCOCC2)c1. The van der Waals surface area contributed by atoms with Crippen LogP contribution in [0.15, 0.2) is 17.6 Å². The molecule has 2 N–H and O–H groups in total. The molecule has 7 nitrogen and oxygen atoms in total. The second-order valence-corrected chi connectivity index (χ2v) is 6.33. The van der Waals surface area contributed by atoms with E-state index in [1.165, 1.54) is 12.5 Å². The van der Waals surface area contributed by atoms with E-state index in [-0.39, 0.29) is 11.6 Å². The number of nitrogens with one attached hydrogen (secondary N) is 1. The molecule has 1 aromatic heterocycles. The first-order valence-electron chi connectivity index (χ1n) is 6.26. The predicted molar refractivity (Wildman–Crippen MR) is 68.1 cm³/mol. The molecule has 19 heavy (non-hydrogen) atoms. The van der Waals surface area contributed by atoms with Gasteiger partial charge < -0.3 is 14.4 Å². The molecule has 0 saturated carbocycles. The number of aliphatic hydroxyl groups is 1. The Morgan fingerprint density at radius 2 is 2.21 bits per heavy atom. The van der Waals surface area contributed by atoms with Gasteiger partial charge in [-0.15, -0.1) is 0 Å². The van der Waals surface area contributed by atoms with Gasteiger partial charge in [0.2, 0.25) is 0 Å². The summed E-state index contributed by atoms with van der Waals surface area (Å²) in [5, 5.41) is 9.48. The molecule has 0 radical (unpaired) electrons. The maximum absolute atomic E-state index is 12.3. The van der Waals surface area contributed by atoms with E-state index >= 15 is 0 Å². The number of hydrogen-bond acceptors (Lipinski definition) is 5. The van der Waals surface area contributed by atoms with Gasteiger partial charge in [0, 0.05) is 26.0 Å². The minimum absolute atomic E-state index is 0.0198. The summed E-state index contributed by atoms with van der Waals surface area (Å²) < 4.78 is 34.0. The molecule has 0 spiro atoms. The van der Waals surface area contributed by atoms with Gasteiger partial charge in [-0.1, -0.05) is 0 Å². The number of aryl methyl sites for hydroxylation is 1. The molecule has 2 heterocycles. The second-order valence-electron chi connectivity index (χ2n) is 4.70. The van der Waals surface area contributed by atoms with Crippen LogP contribution in [0.1, 0.15) is 19.8 Å². The molecule has 0 amide bonds. The highest BCUT2D eigenvalue weighted by atomic mass is 32.2. The molecule has 2 rings (SSSR count). The second kappa shape index (κ2) is 5.58. The molecule has 8 heteroatoms. The van der Waals surface area contributed by atoms with Crippen LogP contribution in [0.4, 0.5) is 0 Å². The Morgan fingerprint density at radius 1 is 1.53 bits per heavy atom. The van der Waals surface area contributed by atoms with E-state index in [2.05, 4.69) is 9.71 Å². The molecule has 0 unspecified atom stereocenters. The van der Waals surface area contributed by atoms with Crippen LogP contribution in [0, 0.1) is 0 Å². The molecule has 0 atom stereocenters. The van der Waals surface area contributed by atoms with E-state index in [0.29, 0.717) is 32.6 Å². The van der Waals surface area contributed by atoms with Crippen molar-refractivity contribution in [2.75, 3.05) is 19.8 Å². The smallest absolute Gasteiger partial charge is 0.260 e. The first-order chi connectivity index (χ1) is 9.01. The lowest BCUT2D eigenvalue weighted by atomic mass is 9.93. The maximum Gasteiger partial charge on any atom is 0.260 e. The fourth-order valence-electron chi connectivity index (χ4n) is 2.04.